The average Bonchev–Trinajstić information content (AvgIpc) is 3.17. The van der Waals surface area contributed by atoms with E-state index in [2.05, 4.69) is 21.2 Å². The van der Waals surface area contributed by atoms with E-state index in [0.717, 1.165) is 5.56 Å². The van der Waals surface area contributed by atoms with Gasteiger partial charge in [-0.05, 0) is 58.7 Å². The van der Waals surface area contributed by atoms with Crippen molar-refractivity contribution >= 4 is 50.9 Å². The standard InChI is InChI=1S/C21H13BrClN3O4/c1-12-2-3-14(9-19(12)23)25-21(27)13(11-24)8-16-5-7-20(30-16)17-6-4-15(26(28)29)10-18(17)22/h2-10H,1H3,(H,25,27)/b13-8+. The van der Waals surface area contributed by atoms with Gasteiger partial charge in [-0.25, -0.2) is 0 Å². The predicted molar refractivity (Wildman–Crippen MR) is 117 cm³/mol. The molecule has 7 nitrogen and oxygen atoms in total. The quantitative estimate of drug-likeness (QED) is 0.202. The Labute approximate surface area is 184 Å². The van der Waals surface area contributed by atoms with Crippen LogP contribution in [0.4, 0.5) is 11.4 Å². The average molecular weight is 487 g/mol. The molecular weight excluding hydrogens is 474 g/mol. The number of nitrogens with zero attached hydrogens (tertiary/aromatic N) is 2. The summed E-state index contributed by atoms with van der Waals surface area (Å²) in [5.74, 6) is 0.0989. The second kappa shape index (κ2) is 8.95. The zero-order valence-electron chi connectivity index (χ0n) is 15.5. The van der Waals surface area contributed by atoms with E-state index in [-0.39, 0.29) is 17.0 Å². The molecule has 2 aromatic carbocycles. The van der Waals surface area contributed by atoms with E-state index in [4.69, 9.17) is 16.0 Å². The molecule has 1 aromatic heterocycles. The first-order valence-electron chi connectivity index (χ1n) is 8.52. The molecule has 0 aliphatic heterocycles. The normalized spacial score (nSPS) is 11.1. The van der Waals surface area contributed by atoms with Gasteiger partial charge in [0.05, 0.1) is 4.92 Å². The molecule has 30 heavy (non-hydrogen) atoms. The van der Waals surface area contributed by atoms with Gasteiger partial charge in [0.2, 0.25) is 0 Å². The molecular formula is C21H13BrClN3O4. The maximum atomic E-state index is 12.4. The van der Waals surface area contributed by atoms with Crippen LogP contribution in [0.15, 0.2) is 63.0 Å². The van der Waals surface area contributed by atoms with Gasteiger partial charge in [-0.2, -0.15) is 5.26 Å². The number of non-ortho nitro benzene ring substituents is 1. The summed E-state index contributed by atoms with van der Waals surface area (Å²) in [6.45, 7) is 1.84. The van der Waals surface area contributed by atoms with Crippen molar-refractivity contribution in [2.24, 2.45) is 0 Å². The molecule has 1 heterocycles. The van der Waals surface area contributed by atoms with Crippen molar-refractivity contribution in [3.63, 3.8) is 0 Å². The molecule has 150 valence electrons. The summed E-state index contributed by atoms with van der Waals surface area (Å²) < 4.78 is 6.17. The number of nitro benzene ring substituents is 1. The van der Waals surface area contributed by atoms with Crippen LogP contribution in [0.3, 0.4) is 0 Å². The minimum Gasteiger partial charge on any atom is -0.457 e. The zero-order chi connectivity index (χ0) is 21.8. The Morgan fingerprint density at radius 3 is 2.67 bits per heavy atom. The number of hydrogen-bond donors (Lipinski definition) is 1. The van der Waals surface area contributed by atoms with Crippen LogP contribution in [0.5, 0.6) is 0 Å². The Morgan fingerprint density at radius 2 is 2.03 bits per heavy atom. The number of nitro groups is 1. The number of carbonyl (C=O) groups excluding carboxylic acids is 1. The summed E-state index contributed by atoms with van der Waals surface area (Å²) in [5.41, 5.74) is 1.71. The predicted octanol–water partition coefficient (Wildman–Crippen LogP) is 6.12. The van der Waals surface area contributed by atoms with Gasteiger partial charge in [-0.15, -0.1) is 0 Å². The number of nitriles is 1. The second-order valence-electron chi connectivity index (χ2n) is 6.21. The van der Waals surface area contributed by atoms with E-state index in [9.17, 15) is 20.2 Å². The third kappa shape index (κ3) is 4.76. The van der Waals surface area contributed by atoms with Gasteiger partial charge in [0, 0.05) is 39.0 Å². The molecule has 0 saturated heterocycles. The summed E-state index contributed by atoms with van der Waals surface area (Å²) in [6, 6.07) is 14.4. The Kier molecular flexibility index (Phi) is 6.35. The molecule has 0 atom stereocenters. The Hall–Kier alpha value is -3.41. The number of rotatable bonds is 5. The first kappa shape index (κ1) is 21.3. The molecule has 0 spiro atoms. The number of amides is 1. The second-order valence-corrected chi connectivity index (χ2v) is 7.47. The van der Waals surface area contributed by atoms with E-state index in [1.54, 1.807) is 36.4 Å². The molecule has 0 aliphatic rings. The lowest BCUT2D eigenvalue weighted by molar-refractivity contribution is -0.384. The van der Waals surface area contributed by atoms with Gasteiger partial charge in [-0.1, -0.05) is 17.7 Å². The van der Waals surface area contributed by atoms with Crippen molar-refractivity contribution in [2.45, 2.75) is 6.92 Å². The SMILES string of the molecule is Cc1ccc(NC(=O)/C(C#N)=C/c2ccc(-c3ccc([N+](=O)[O-])cc3Br)o2)cc1Cl. The minimum absolute atomic E-state index is 0.0584. The van der Waals surface area contributed by atoms with Gasteiger partial charge in [0.15, 0.2) is 0 Å². The van der Waals surface area contributed by atoms with Crippen molar-refractivity contribution in [1.82, 2.24) is 0 Å². The van der Waals surface area contributed by atoms with Crippen LogP contribution in [-0.4, -0.2) is 10.8 Å². The third-order valence-electron chi connectivity index (χ3n) is 4.14. The lowest BCUT2D eigenvalue weighted by Gasteiger charge is -2.06. The summed E-state index contributed by atoms with van der Waals surface area (Å²) in [5, 5.41) is 23.4. The number of halogens is 2. The fourth-order valence-corrected chi connectivity index (χ4v) is 3.30. The number of anilines is 1. The van der Waals surface area contributed by atoms with Crippen LogP contribution in [0, 0.1) is 28.4 Å². The highest BCUT2D eigenvalue weighted by molar-refractivity contribution is 9.10. The highest BCUT2D eigenvalue weighted by atomic mass is 79.9. The van der Waals surface area contributed by atoms with Gasteiger partial charge >= 0.3 is 0 Å². The Morgan fingerprint density at radius 1 is 1.27 bits per heavy atom. The first-order valence-corrected chi connectivity index (χ1v) is 9.69. The Bertz CT molecular complexity index is 1230. The molecule has 3 rings (SSSR count). The highest BCUT2D eigenvalue weighted by Gasteiger charge is 2.15. The fraction of sp³-hybridized carbons (Fsp3) is 0.0476. The maximum Gasteiger partial charge on any atom is 0.270 e. The first-order chi connectivity index (χ1) is 14.3. The van der Waals surface area contributed by atoms with Crippen LogP contribution in [-0.2, 0) is 4.79 Å². The number of aryl methyl sites for hydroxylation is 1. The van der Waals surface area contributed by atoms with Crippen LogP contribution in [0.1, 0.15) is 11.3 Å². The molecule has 0 fully saturated rings. The molecule has 0 radical (unpaired) electrons. The van der Waals surface area contributed by atoms with Crippen molar-refractivity contribution < 1.29 is 14.1 Å². The minimum atomic E-state index is -0.605. The van der Waals surface area contributed by atoms with Crippen LogP contribution in [0.2, 0.25) is 5.02 Å². The van der Waals surface area contributed by atoms with Gasteiger partial charge in [0.1, 0.15) is 23.2 Å². The van der Waals surface area contributed by atoms with E-state index in [1.165, 1.54) is 18.2 Å². The molecule has 0 aliphatic carbocycles. The number of furan rings is 1. The highest BCUT2D eigenvalue weighted by Crippen LogP contribution is 2.33. The van der Waals surface area contributed by atoms with Gasteiger partial charge < -0.3 is 9.73 Å². The Balaban J connectivity index is 1.83. The maximum absolute atomic E-state index is 12.4. The number of hydrogen-bond acceptors (Lipinski definition) is 5. The van der Waals surface area contributed by atoms with E-state index >= 15 is 0 Å². The van der Waals surface area contributed by atoms with E-state index in [1.807, 2.05) is 13.0 Å². The van der Waals surface area contributed by atoms with Gasteiger partial charge in [-0.3, -0.25) is 14.9 Å². The van der Waals surface area contributed by atoms with Crippen molar-refractivity contribution in [1.29, 1.82) is 5.26 Å². The number of carbonyl (C=O) groups is 1. The monoisotopic (exact) mass is 485 g/mol. The summed E-state index contributed by atoms with van der Waals surface area (Å²) in [7, 11) is 0. The summed E-state index contributed by atoms with van der Waals surface area (Å²) in [6.07, 6.45) is 1.31. The lowest BCUT2D eigenvalue weighted by atomic mass is 10.1. The summed E-state index contributed by atoms with van der Waals surface area (Å²) >= 11 is 9.34. The molecule has 1 N–H and O–H groups in total. The molecule has 1 amide bonds. The lowest BCUT2D eigenvalue weighted by Crippen LogP contribution is -2.13. The van der Waals surface area contributed by atoms with Crippen molar-refractivity contribution in [3.05, 3.63) is 85.0 Å². The van der Waals surface area contributed by atoms with Crippen LogP contribution in [0.25, 0.3) is 17.4 Å². The third-order valence-corrected chi connectivity index (χ3v) is 5.20. The zero-order valence-corrected chi connectivity index (χ0v) is 17.8. The number of nitrogens with one attached hydrogen (secondary N) is 1. The topological polar surface area (TPSA) is 109 Å². The molecule has 0 saturated carbocycles. The molecule has 0 unspecified atom stereocenters. The summed E-state index contributed by atoms with van der Waals surface area (Å²) in [4.78, 5) is 22.8. The number of benzene rings is 2. The smallest absolute Gasteiger partial charge is 0.270 e. The van der Waals surface area contributed by atoms with Crippen molar-refractivity contribution in [2.75, 3.05) is 5.32 Å². The molecule has 3 aromatic rings. The largest absolute Gasteiger partial charge is 0.457 e. The van der Waals surface area contributed by atoms with Crippen molar-refractivity contribution in [3.8, 4) is 17.4 Å². The van der Waals surface area contributed by atoms with E-state index < -0.39 is 10.8 Å². The molecule has 0 bridgehead atoms. The van der Waals surface area contributed by atoms with Crippen LogP contribution >= 0.6 is 27.5 Å². The van der Waals surface area contributed by atoms with Crippen LogP contribution < -0.4 is 5.32 Å². The fourth-order valence-electron chi connectivity index (χ4n) is 2.55. The van der Waals surface area contributed by atoms with Gasteiger partial charge in [0.25, 0.3) is 11.6 Å². The van der Waals surface area contributed by atoms with E-state index in [0.29, 0.717) is 26.5 Å². The molecule has 9 heteroatoms.